The van der Waals surface area contributed by atoms with Crippen LogP contribution in [-0.4, -0.2) is 20.3 Å². The molecule has 2 aromatic heterocycles. The second kappa shape index (κ2) is 4.07. The van der Waals surface area contributed by atoms with Gasteiger partial charge in [0.2, 0.25) is 5.95 Å². The Balaban J connectivity index is 2.34. The third-order valence-electron chi connectivity index (χ3n) is 2.86. The topological polar surface area (TPSA) is 47.8 Å². The van der Waals surface area contributed by atoms with E-state index in [1.165, 1.54) is 0 Å². The van der Waals surface area contributed by atoms with Crippen molar-refractivity contribution in [2.75, 3.05) is 0 Å². The molecule has 0 radical (unpaired) electrons. The van der Waals surface area contributed by atoms with Gasteiger partial charge in [-0.15, -0.1) is 0 Å². The smallest absolute Gasteiger partial charge is 0.234 e. The maximum atomic E-state index is 11.6. The zero-order valence-electron chi connectivity index (χ0n) is 9.87. The number of nitrogens with zero attached hydrogens (tertiary/aromatic N) is 3. The molecule has 0 atom stereocenters. The summed E-state index contributed by atoms with van der Waals surface area (Å²) in [5, 5.41) is 0.928. The van der Waals surface area contributed by atoms with Gasteiger partial charge < -0.3 is 0 Å². The second-order valence-corrected chi connectivity index (χ2v) is 4.03. The van der Waals surface area contributed by atoms with E-state index >= 15 is 0 Å². The number of aromatic nitrogens is 3. The lowest BCUT2D eigenvalue weighted by Gasteiger charge is -2.01. The molecule has 0 aliphatic carbocycles. The maximum absolute atomic E-state index is 11.6. The van der Waals surface area contributed by atoms with Crippen molar-refractivity contribution < 1.29 is 4.79 Å². The van der Waals surface area contributed by atoms with Gasteiger partial charge in [0, 0.05) is 29.5 Å². The van der Waals surface area contributed by atoms with Crippen LogP contribution in [0.3, 0.4) is 0 Å². The van der Waals surface area contributed by atoms with E-state index in [2.05, 4.69) is 9.97 Å². The Kier molecular flexibility index (Phi) is 2.41. The highest BCUT2D eigenvalue weighted by atomic mass is 16.1. The molecule has 0 saturated carbocycles. The van der Waals surface area contributed by atoms with E-state index in [4.69, 9.17) is 0 Å². The minimum absolute atomic E-state index is 0.0425. The van der Waals surface area contributed by atoms with Crippen LogP contribution in [0.4, 0.5) is 0 Å². The highest BCUT2D eigenvalue weighted by molar-refractivity contribution is 6.07. The van der Waals surface area contributed by atoms with Crippen LogP contribution < -0.4 is 0 Å². The first-order valence-corrected chi connectivity index (χ1v) is 5.66. The normalized spacial score (nSPS) is 10.7. The first-order chi connectivity index (χ1) is 8.77. The first-order valence-electron chi connectivity index (χ1n) is 5.66. The fourth-order valence-corrected chi connectivity index (χ4v) is 2.04. The molecule has 0 fully saturated rings. The SMILES string of the molecule is CC(=O)c1cn(-c2ncccn2)c2ccccc12. The molecule has 3 aromatic rings. The quantitative estimate of drug-likeness (QED) is 0.644. The Bertz CT molecular complexity index is 716. The Morgan fingerprint density at radius 2 is 1.83 bits per heavy atom. The molecule has 4 nitrogen and oxygen atoms in total. The van der Waals surface area contributed by atoms with Crippen LogP contribution in [-0.2, 0) is 0 Å². The highest BCUT2D eigenvalue weighted by Gasteiger charge is 2.13. The molecule has 0 spiro atoms. The van der Waals surface area contributed by atoms with Gasteiger partial charge in [-0.3, -0.25) is 9.36 Å². The summed E-state index contributed by atoms with van der Waals surface area (Å²) in [5.41, 5.74) is 1.63. The standard InChI is InChI=1S/C14H11N3O/c1-10(18)12-9-17(14-15-7-4-8-16-14)13-6-3-2-5-11(12)13/h2-9H,1H3. The number of ketones is 1. The number of fused-ring (bicyclic) bond motifs is 1. The fraction of sp³-hybridized carbons (Fsp3) is 0.0714. The number of carbonyl (C=O) groups excluding carboxylic acids is 1. The molecule has 0 aliphatic rings. The van der Waals surface area contributed by atoms with Gasteiger partial charge in [0.15, 0.2) is 5.78 Å². The molecule has 0 bridgehead atoms. The Morgan fingerprint density at radius 3 is 2.56 bits per heavy atom. The lowest BCUT2D eigenvalue weighted by Crippen LogP contribution is -1.98. The molecule has 0 aliphatic heterocycles. The molecule has 1 aromatic carbocycles. The third-order valence-corrected chi connectivity index (χ3v) is 2.86. The second-order valence-electron chi connectivity index (χ2n) is 4.03. The predicted molar refractivity (Wildman–Crippen MR) is 68.9 cm³/mol. The summed E-state index contributed by atoms with van der Waals surface area (Å²) in [6, 6.07) is 9.52. The lowest BCUT2D eigenvalue weighted by atomic mass is 10.1. The van der Waals surface area contributed by atoms with Gasteiger partial charge >= 0.3 is 0 Å². The maximum Gasteiger partial charge on any atom is 0.234 e. The summed E-state index contributed by atoms with van der Waals surface area (Å²) in [4.78, 5) is 20.1. The van der Waals surface area contributed by atoms with Crippen LogP contribution >= 0.6 is 0 Å². The zero-order valence-corrected chi connectivity index (χ0v) is 9.87. The van der Waals surface area contributed by atoms with Crippen molar-refractivity contribution in [1.29, 1.82) is 0 Å². The number of hydrogen-bond acceptors (Lipinski definition) is 3. The molecule has 3 rings (SSSR count). The summed E-state index contributed by atoms with van der Waals surface area (Å²) < 4.78 is 1.84. The average Bonchev–Trinajstić information content (AvgIpc) is 2.79. The molecule has 0 saturated heterocycles. The molecular formula is C14H11N3O. The summed E-state index contributed by atoms with van der Waals surface area (Å²) in [6.07, 6.45) is 5.16. The van der Waals surface area contributed by atoms with E-state index in [9.17, 15) is 4.79 Å². The van der Waals surface area contributed by atoms with Gasteiger partial charge in [-0.05, 0) is 19.1 Å². The molecule has 18 heavy (non-hydrogen) atoms. The number of hydrogen-bond donors (Lipinski definition) is 0. The van der Waals surface area contributed by atoms with Gasteiger partial charge in [0.05, 0.1) is 5.52 Å². The number of carbonyl (C=O) groups is 1. The van der Waals surface area contributed by atoms with E-state index < -0.39 is 0 Å². The fourth-order valence-electron chi connectivity index (χ4n) is 2.04. The highest BCUT2D eigenvalue weighted by Crippen LogP contribution is 2.23. The van der Waals surface area contributed by atoms with Crippen LogP contribution in [0.2, 0.25) is 0 Å². The van der Waals surface area contributed by atoms with Gasteiger partial charge in [-0.25, -0.2) is 9.97 Å². The molecular weight excluding hydrogens is 226 g/mol. The van der Waals surface area contributed by atoms with Crippen LogP contribution in [0.5, 0.6) is 0 Å². The summed E-state index contributed by atoms with van der Waals surface area (Å²) in [5.74, 6) is 0.613. The van der Waals surface area contributed by atoms with E-state index in [1.54, 1.807) is 31.6 Å². The van der Waals surface area contributed by atoms with Crippen LogP contribution in [0.15, 0.2) is 48.9 Å². The molecule has 2 heterocycles. The number of rotatable bonds is 2. The van der Waals surface area contributed by atoms with Crippen molar-refractivity contribution in [2.24, 2.45) is 0 Å². The monoisotopic (exact) mass is 237 g/mol. The number of para-hydroxylation sites is 1. The zero-order chi connectivity index (χ0) is 12.5. The van der Waals surface area contributed by atoms with Gasteiger partial charge in [-0.2, -0.15) is 0 Å². The minimum Gasteiger partial charge on any atom is -0.294 e. The number of Topliss-reactive ketones (excluding diaryl/α,β-unsaturated/α-hetero) is 1. The number of benzene rings is 1. The van der Waals surface area contributed by atoms with Crippen molar-refractivity contribution in [3.05, 3.63) is 54.5 Å². The molecule has 0 N–H and O–H groups in total. The summed E-state index contributed by atoms with van der Waals surface area (Å²) >= 11 is 0. The first kappa shape index (κ1) is 10.7. The van der Waals surface area contributed by atoms with Crippen LogP contribution in [0.25, 0.3) is 16.9 Å². The van der Waals surface area contributed by atoms with Crippen molar-refractivity contribution >= 4 is 16.7 Å². The Hall–Kier alpha value is -2.49. The molecule has 0 unspecified atom stereocenters. The van der Waals surface area contributed by atoms with Crippen molar-refractivity contribution in [1.82, 2.24) is 14.5 Å². The average molecular weight is 237 g/mol. The lowest BCUT2D eigenvalue weighted by molar-refractivity contribution is 0.101. The van der Waals surface area contributed by atoms with E-state index in [1.807, 2.05) is 28.8 Å². The molecule has 88 valence electrons. The largest absolute Gasteiger partial charge is 0.294 e. The van der Waals surface area contributed by atoms with Crippen molar-refractivity contribution in [3.8, 4) is 5.95 Å². The third kappa shape index (κ3) is 1.59. The van der Waals surface area contributed by atoms with Gasteiger partial charge in [0.1, 0.15) is 0 Å². The van der Waals surface area contributed by atoms with Crippen molar-refractivity contribution in [2.45, 2.75) is 6.92 Å². The Morgan fingerprint density at radius 1 is 1.11 bits per heavy atom. The Labute approximate surface area is 104 Å². The van der Waals surface area contributed by atoms with E-state index in [-0.39, 0.29) is 5.78 Å². The molecule has 4 heteroatoms. The predicted octanol–water partition coefficient (Wildman–Crippen LogP) is 2.62. The molecule has 0 amide bonds. The summed E-state index contributed by atoms with van der Waals surface area (Å²) in [6.45, 7) is 1.57. The van der Waals surface area contributed by atoms with Crippen molar-refractivity contribution in [3.63, 3.8) is 0 Å². The van der Waals surface area contributed by atoms with E-state index in [0.717, 1.165) is 10.9 Å². The van der Waals surface area contributed by atoms with Gasteiger partial charge in [-0.1, -0.05) is 18.2 Å². The minimum atomic E-state index is 0.0425. The van der Waals surface area contributed by atoms with Crippen LogP contribution in [0, 0.1) is 0 Å². The van der Waals surface area contributed by atoms with E-state index in [0.29, 0.717) is 11.5 Å². The van der Waals surface area contributed by atoms with Crippen LogP contribution in [0.1, 0.15) is 17.3 Å². The van der Waals surface area contributed by atoms with Gasteiger partial charge in [0.25, 0.3) is 0 Å². The summed E-state index contributed by atoms with van der Waals surface area (Å²) in [7, 11) is 0.